The molecule has 2 aromatic carbocycles. The Morgan fingerprint density at radius 2 is 1.67 bits per heavy atom. The van der Waals surface area contributed by atoms with Crippen LogP contribution in [0.1, 0.15) is 15.9 Å². The zero-order chi connectivity index (χ0) is 20.0. The van der Waals surface area contributed by atoms with E-state index in [1.165, 1.54) is 0 Å². The molecule has 0 fully saturated rings. The van der Waals surface area contributed by atoms with Gasteiger partial charge >= 0.3 is 6.36 Å². The molecule has 10 heteroatoms. The van der Waals surface area contributed by atoms with Crippen molar-refractivity contribution in [3.8, 4) is 11.5 Å². The number of carbonyl (C=O) groups is 2. The minimum Gasteiger partial charge on any atom is -0.484 e. The summed E-state index contributed by atoms with van der Waals surface area (Å²) in [5, 5.41) is 0.561. The highest BCUT2D eigenvalue weighted by Crippen LogP contribution is 2.23. The zero-order valence-corrected chi connectivity index (χ0v) is 14.6. The quantitative estimate of drug-likeness (QED) is 0.752. The second kappa shape index (κ2) is 8.63. The number of rotatable bonds is 5. The molecule has 6 nitrogen and oxygen atoms in total. The highest BCUT2D eigenvalue weighted by Gasteiger charge is 2.31. The summed E-state index contributed by atoms with van der Waals surface area (Å²) in [6.07, 6.45) is -4.82. The SMILES string of the molecule is Cc1cc(OCC(=O)NNC(=O)c2ccc(OC(F)(F)F)cc2)ccc1Cl. The minimum atomic E-state index is -4.82. The molecule has 0 spiro atoms. The van der Waals surface area contributed by atoms with Crippen LogP contribution in [0.3, 0.4) is 0 Å². The second-order valence-corrected chi connectivity index (χ2v) is 5.68. The molecule has 2 aromatic rings. The topological polar surface area (TPSA) is 76.7 Å². The Morgan fingerprint density at radius 1 is 1.04 bits per heavy atom. The Balaban J connectivity index is 1.80. The van der Waals surface area contributed by atoms with E-state index >= 15 is 0 Å². The average Bonchev–Trinajstić information content (AvgIpc) is 2.60. The lowest BCUT2D eigenvalue weighted by Crippen LogP contribution is -2.43. The number of aryl methyl sites for hydroxylation is 1. The van der Waals surface area contributed by atoms with Gasteiger partial charge in [0, 0.05) is 10.6 Å². The molecule has 27 heavy (non-hydrogen) atoms. The maximum Gasteiger partial charge on any atom is 0.573 e. The zero-order valence-electron chi connectivity index (χ0n) is 13.9. The van der Waals surface area contributed by atoms with E-state index < -0.39 is 23.9 Å². The largest absolute Gasteiger partial charge is 0.573 e. The molecule has 0 aliphatic rings. The van der Waals surface area contributed by atoms with Crippen LogP contribution in [-0.4, -0.2) is 24.8 Å². The van der Waals surface area contributed by atoms with Crippen LogP contribution in [0.2, 0.25) is 5.02 Å². The maximum absolute atomic E-state index is 12.1. The Hall–Kier alpha value is -2.94. The Bertz CT molecular complexity index is 826. The number of alkyl halides is 3. The molecule has 0 aliphatic carbocycles. The number of carbonyl (C=O) groups excluding carboxylic acids is 2. The smallest absolute Gasteiger partial charge is 0.484 e. The van der Waals surface area contributed by atoms with E-state index in [4.69, 9.17) is 16.3 Å². The summed E-state index contributed by atoms with van der Waals surface area (Å²) in [4.78, 5) is 23.6. The first-order valence-corrected chi connectivity index (χ1v) is 7.86. The predicted molar refractivity (Wildman–Crippen MR) is 90.4 cm³/mol. The van der Waals surface area contributed by atoms with Gasteiger partial charge in [-0.3, -0.25) is 20.4 Å². The maximum atomic E-state index is 12.1. The lowest BCUT2D eigenvalue weighted by Gasteiger charge is -2.11. The van der Waals surface area contributed by atoms with E-state index in [0.717, 1.165) is 29.8 Å². The van der Waals surface area contributed by atoms with Crippen LogP contribution in [0.15, 0.2) is 42.5 Å². The van der Waals surface area contributed by atoms with Gasteiger partial charge in [-0.2, -0.15) is 0 Å². The molecule has 0 atom stereocenters. The van der Waals surface area contributed by atoms with E-state index in [1.54, 1.807) is 25.1 Å². The Morgan fingerprint density at radius 3 is 2.26 bits per heavy atom. The molecule has 0 saturated heterocycles. The monoisotopic (exact) mass is 402 g/mol. The van der Waals surface area contributed by atoms with Crippen molar-refractivity contribution in [2.75, 3.05) is 6.61 Å². The molecule has 144 valence electrons. The van der Waals surface area contributed by atoms with Crippen molar-refractivity contribution in [3.63, 3.8) is 0 Å². The molecular weight excluding hydrogens is 389 g/mol. The first-order chi connectivity index (χ1) is 12.6. The van der Waals surface area contributed by atoms with Crippen LogP contribution >= 0.6 is 11.6 Å². The summed E-state index contributed by atoms with van der Waals surface area (Å²) in [6, 6.07) is 9.07. The van der Waals surface area contributed by atoms with E-state index in [2.05, 4.69) is 15.6 Å². The van der Waals surface area contributed by atoms with Crippen molar-refractivity contribution in [1.82, 2.24) is 10.9 Å². The number of nitrogens with one attached hydrogen (secondary N) is 2. The first kappa shape index (κ1) is 20.4. The van der Waals surface area contributed by atoms with Crippen LogP contribution < -0.4 is 20.3 Å². The van der Waals surface area contributed by atoms with Crippen LogP contribution in [0.25, 0.3) is 0 Å². The third kappa shape index (κ3) is 6.70. The highest BCUT2D eigenvalue weighted by molar-refractivity contribution is 6.31. The Kier molecular flexibility index (Phi) is 6.51. The van der Waals surface area contributed by atoms with E-state index in [-0.39, 0.29) is 12.2 Å². The third-order valence-corrected chi connectivity index (χ3v) is 3.59. The summed E-state index contributed by atoms with van der Waals surface area (Å²) < 4.78 is 45.2. The molecule has 0 aliphatic heterocycles. The van der Waals surface area contributed by atoms with Gasteiger partial charge in [0.05, 0.1) is 0 Å². The molecule has 0 saturated carbocycles. The lowest BCUT2D eigenvalue weighted by atomic mass is 10.2. The van der Waals surface area contributed by atoms with Gasteiger partial charge in [0.2, 0.25) is 0 Å². The summed E-state index contributed by atoms with van der Waals surface area (Å²) in [6.45, 7) is 1.42. The second-order valence-electron chi connectivity index (χ2n) is 5.27. The number of hydrogen-bond acceptors (Lipinski definition) is 4. The summed E-state index contributed by atoms with van der Waals surface area (Å²) in [5.74, 6) is -1.38. The molecule has 2 rings (SSSR count). The van der Waals surface area contributed by atoms with Crippen LogP contribution in [0.5, 0.6) is 11.5 Å². The highest BCUT2D eigenvalue weighted by atomic mass is 35.5. The molecular formula is C17H14ClF3N2O4. The van der Waals surface area contributed by atoms with Gasteiger partial charge in [0.15, 0.2) is 6.61 Å². The number of halogens is 4. The molecule has 0 radical (unpaired) electrons. The summed E-state index contributed by atoms with van der Waals surface area (Å²) >= 11 is 5.88. The Labute approximate surface area is 157 Å². The van der Waals surface area contributed by atoms with E-state index in [0.29, 0.717) is 10.8 Å². The summed E-state index contributed by atoms with van der Waals surface area (Å²) in [5.41, 5.74) is 5.06. The van der Waals surface area contributed by atoms with E-state index in [1.807, 2.05) is 0 Å². The number of benzene rings is 2. The van der Waals surface area contributed by atoms with Gasteiger partial charge < -0.3 is 9.47 Å². The van der Waals surface area contributed by atoms with Crippen molar-refractivity contribution in [2.45, 2.75) is 13.3 Å². The van der Waals surface area contributed by atoms with Gasteiger partial charge in [-0.15, -0.1) is 13.2 Å². The van der Waals surface area contributed by atoms with Crippen molar-refractivity contribution < 1.29 is 32.2 Å². The molecule has 0 bridgehead atoms. The molecule has 0 unspecified atom stereocenters. The van der Waals surface area contributed by atoms with Gasteiger partial charge in [0.1, 0.15) is 11.5 Å². The third-order valence-electron chi connectivity index (χ3n) is 3.16. The van der Waals surface area contributed by atoms with E-state index in [9.17, 15) is 22.8 Å². The molecule has 2 amide bonds. The number of hydrazine groups is 1. The molecule has 0 heterocycles. The first-order valence-electron chi connectivity index (χ1n) is 7.48. The summed E-state index contributed by atoms with van der Waals surface area (Å²) in [7, 11) is 0. The van der Waals surface area contributed by atoms with Crippen LogP contribution in [-0.2, 0) is 4.79 Å². The lowest BCUT2D eigenvalue weighted by molar-refractivity contribution is -0.274. The molecule has 0 aromatic heterocycles. The number of ether oxygens (including phenoxy) is 2. The minimum absolute atomic E-state index is 0.0269. The van der Waals surface area contributed by atoms with Crippen molar-refractivity contribution in [3.05, 3.63) is 58.6 Å². The average molecular weight is 403 g/mol. The van der Waals surface area contributed by atoms with Gasteiger partial charge in [-0.05, 0) is 55.0 Å². The van der Waals surface area contributed by atoms with Crippen molar-refractivity contribution in [1.29, 1.82) is 0 Å². The molecule has 2 N–H and O–H groups in total. The predicted octanol–water partition coefficient (Wildman–Crippen LogP) is 3.39. The van der Waals surface area contributed by atoms with Crippen molar-refractivity contribution >= 4 is 23.4 Å². The van der Waals surface area contributed by atoms with Gasteiger partial charge in [-0.1, -0.05) is 11.6 Å². The fraction of sp³-hybridized carbons (Fsp3) is 0.176. The fourth-order valence-corrected chi connectivity index (χ4v) is 2.02. The van der Waals surface area contributed by atoms with Gasteiger partial charge in [0.25, 0.3) is 11.8 Å². The number of amides is 2. The fourth-order valence-electron chi connectivity index (χ4n) is 1.90. The standard InChI is InChI=1S/C17H14ClF3N2O4/c1-10-8-13(6-7-14(10)18)26-9-15(24)22-23-16(25)11-2-4-12(5-3-11)27-17(19,20)21/h2-8H,9H2,1H3,(H,22,24)(H,23,25). The van der Waals surface area contributed by atoms with Crippen LogP contribution in [0.4, 0.5) is 13.2 Å². The van der Waals surface area contributed by atoms with Gasteiger partial charge in [-0.25, -0.2) is 0 Å². The normalized spacial score (nSPS) is 10.9. The van der Waals surface area contributed by atoms with Crippen molar-refractivity contribution in [2.24, 2.45) is 0 Å². The van der Waals surface area contributed by atoms with Crippen LogP contribution in [0, 0.1) is 6.92 Å². The number of hydrogen-bond donors (Lipinski definition) is 2.